The highest BCUT2D eigenvalue weighted by Crippen LogP contribution is 2.62. The van der Waals surface area contributed by atoms with Crippen LogP contribution in [0.2, 0.25) is 0 Å². The molecule has 270 valence electrons. The van der Waals surface area contributed by atoms with E-state index in [4.69, 9.17) is 15.0 Å². The molecule has 1 spiro atoms. The van der Waals surface area contributed by atoms with E-state index in [1.54, 1.807) is 0 Å². The van der Waals surface area contributed by atoms with Crippen molar-refractivity contribution in [1.82, 2.24) is 15.0 Å². The molecule has 12 rings (SSSR count). The Kier molecular flexibility index (Phi) is 7.38. The second-order valence-corrected chi connectivity index (χ2v) is 16.2. The molecule has 4 heteroatoms. The summed E-state index contributed by atoms with van der Waals surface area (Å²) in [5.41, 5.74) is 15.1. The summed E-state index contributed by atoms with van der Waals surface area (Å²) >= 11 is 1.87. The van der Waals surface area contributed by atoms with Crippen LogP contribution in [0, 0.1) is 0 Å². The van der Waals surface area contributed by atoms with Crippen LogP contribution in [-0.4, -0.2) is 15.0 Å². The summed E-state index contributed by atoms with van der Waals surface area (Å²) in [5.74, 6) is 0.697. The van der Waals surface area contributed by atoms with Gasteiger partial charge in [0.25, 0.3) is 0 Å². The van der Waals surface area contributed by atoms with Crippen molar-refractivity contribution in [2.75, 3.05) is 0 Å². The second-order valence-electron chi connectivity index (χ2n) is 15.1. The van der Waals surface area contributed by atoms with Gasteiger partial charge in [-0.25, -0.2) is 15.0 Å². The Morgan fingerprint density at radius 1 is 0.345 bits per heavy atom. The number of rotatable bonds is 4. The lowest BCUT2D eigenvalue weighted by Crippen LogP contribution is -2.31. The second kappa shape index (κ2) is 13.0. The molecule has 0 N–H and O–H groups in total. The Hall–Kier alpha value is -7.14. The fourth-order valence-electron chi connectivity index (χ4n) is 9.41. The Morgan fingerprint density at radius 2 is 0.931 bits per heavy atom. The number of hydrogen-bond acceptors (Lipinski definition) is 4. The van der Waals surface area contributed by atoms with Crippen molar-refractivity contribution in [2.24, 2.45) is 0 Å². The van der Waals surface area contributed by atoms with E-state index in [1.807, 2.05) is 36.0 Å². The largest absolute Gasteiger partial charge is 0.247 e. The molecule has 0 saturated carbocycles. The maximum atomic E-state index is 5.50. The maximum absolute atomic E-state index is 5.50. The molecule has 58 heavy (non-hydrogen) atoms. The fraction of sp³-hybridized carbons (Fsp3) is 0.0185. The zero-order chi connectivity index (χ0) is 38.2. The molecule has 2 aliphatic rings. The molecule has 3 heterocycles. The van der Waals surface area contributed by atoms with Crippen LogP contribution in [-0.2, 0) is 5.41 Å². The maximum Gasteiger partial charge on any atom is 0.160 e. The molecule has 0 amide bonds. The summed E-state index contributed by atoms with van der Waals surface area (Å²) in [4.78, 5) is 18.3. The molecule has 0 fully saturated rings. The Labute approximate surface area is 340 Å². The van der Waals surface area contributed by atoms with Crippen molar-refractivity contribution in [1.29, 1.82) is 0 Å². The summed E-state index contributed by atoms with van der Waals surface area (Å²) in [6.45, 7) is 0. The monoisotopic (exact) mass is 755 g/mol. The molecule has 0 saturated heterocycles. The van der Waals surface area contributed by atoms with Crippen LogP contribution in [0.5, 0.6) is 0 Å². The zero-order valence-corrected chi connectivity index (χ0v) is 32.1. The first-order chi connectivity index (χ1) is 28.7. The molecule has 10 aromatic rings. The predicted octanol–water partition coefficient (Wildman–Crippen LogP) is 13.7. The van der Waals surface area contributed by atoms with Crippen molar-refractivity contribution in [3.05, 3.63) is 222 Å². The van der Waals surface area contributed by atoms with Crippen LogP contribution in [0.25, 0.3) is 78.0 Å². The zero-order valence-electron chi connectivity index (χ0n) is 31.3. The minimum atomic E-state index is -0.480. The van der Waals surface area contributed by atoms with E-state index in [0.717, 1.165) is 55.6 Å². The fourth-order valence-corrected chi connectivity index (χ4v) is 10.6. The van der Waals surface area contributed by atoms with E-state index in [0.29, 0.717) is 5.82 Å². The molecule has 1 aliphatic heterocycles. The van der Waals surface area contributed by atoms with Crippen molar-refractivity contribution < 1.29 is 0 Å². The van der Waals surface area contributed by atoms with Crippen molar-refractivity contribution in [2.45, 2.75) is 15.2 Å². The van der Waals surface area contributed by atoms with Gasteiger partial charge in [-0.05, 0) is 81.2 Å². The molecule has 0 atom stereocenters. The average molecular weight is 756 g/mol. The van der Waals surface area contributed by atoms with Gasteiger partial charge in [0.15, 0.2) is 5.82 Å². The van der Waals surface area contributed by atoms with Crippen molar-refractivity contribution in [3.63, 3.8) is 0 Å². The first kappa shape index (κ1) is 33.0. The van der Waals surface area contributed by atoms with Crippen LogP contribution in [0.4, 0.5) is 0 Å². The van der Waals surface area contributed by atoms with Crippen LogP contribution in [0.3, 0.4) is 0 Å². The van der Waals surface area contributed by atoms with E-state index in [-0.39, 0.29) is 0 Å². The van der Waals surface area contributed by atoms with E-state index < -0.39 is 5.41 Å². The van der Waals surface area contributed by atoms with E-state index >= 15 is 0 Å². The number of pyridine rings is 1. The summed E-state index contributed by atoms with van der Waals surface area (Å²) in [6.07, 6.45) is 0. The topological polar surface area (TPSA) is 38.7 Å². The van der Waals surface area contributed by atoms with Gasteiger partial charge in [-0.3, -0.25) is 0 Å². The highest BCUT2D eigenvalue weighted by Gasteiger charge is 2.50. The normalized spacial score (nSPS) is 13.2. The van der Waals surface area contributed by atoms with Crippen LogP contribution in [0.1, 0.15) is 22.3 Å². The number of hydrogen-bond donors (Lipinski definition) is 0. The van der Waals surface area contributed by atoms with Gasteiger partial charge in [0.1, 0.15) is 0 Å². The van der Waals surface area contributed by atoms with E-state index in [2.05, 4.69) is 176 Å². The number of fused-ring (bicyclic) bond motifs is 12. The average Bonchev–Trinajstić information content (AvgIpc) is 3.58. The van der Waals surface area contributed by atoms with Crippen LogP contribution in [0.15, 0.2) is 210 Å². The van der Waals surface area contributed by atoms with E-state index in [9.17, 15) is 0 Å². The molecule has 3 nitrogen and oxygen atoms in total. The first-order valence-corrected chi connectivity index (χ1v) is 20.5. The Balaban J connectivity index is 1.12. The smallest absolute Gasteiger partial charge is 0.160 e. The SMILES string of the molecule is c1ccc(-c2cc(-c3cccc(-c4nc5ccccc5c5cc6c(cc45)C4(c5ccccc5Sc5ccccc54)c4ccccc4-6)c3)nc(-c3ccccc3)n2)cc1. The molecular formula is C54H33N3S. The lowest BCUT2D eigenvalue weighted by Gasteiger charge is -2.39. The molecule has 0 unspecified atom stereocenters. The van der Waals surface area contributed by atoms with Gasteiger partial charge in [-0.15, -0.1) is 0 Å². The highest BCUT2D eigenvalue weighted by molar-refractivity contribution is 7.99. The summed E-state index contributed by atoms with van der Waals surface area (Å²) in [5, 5.41) is 3.48. The highest BCUT2D eigenvalue weighted by atomic mass is 32.2. The third kappa shape index (κ3) is 4.92. The lowest BCUT2D eigenvalue weighted by atomic mass is 9.67. The molecule has 1 aliphatic carbocycles. The van der Waals surface area contributed by atoms with Gasteiger partial charge >= 0.3 is 0 Å². The standard InChI is InChI=1S/C54H33N3S/c1-3-16-34(17-4-1)48-33-49(57-53(56-48)35-18-5-2-6-19-35)36-20-15-21-37(30-36)52-42-32-46-41(31-40(42)39-23-8-12-27-47(39)55-52)38-22-7-9-24-43(38)54(46)44-25-10-13-28-50(44)58-51-29-14-11-26-45(51)54/h1-33H. The van der Waals surface area contributed by atoms with Crippen molar-refractivity contribution >= 4 is 33.4 Å². The summed E-state index contributed by atoms with van der Waals surface area (Å²) in [7, 11) is 0. The van der Waals surface area contributed by atoms with Crippen LogP contribution < -0.4 is 0 Å². The van der Waals surface area contributed by atoms with Gasteiger partial charge in [-0.2, -0.15) is 0 Å². The lowest BCUT2D eigenvalue weighted by molar-refractivity contribution is 0.723. The molecule has 2 aromatic heterocycles. The van der Waals surface area contributed by atoms with Gasteiger partial charge in [-0.1, -0.05) is 169 Å². The molecule has 0 radical (unpaired) electrons. The van der Waals surface area contributed by atoms with Gasteiger partial charge in [0, 0.05) is 42.8 Å². The van der Waals surface area contributed by atoms with Crippen LogP contribution >= 0.6 is 11.8 Å². The minimum absolute atomic E-state index is 0.480. The van der Waals surface area contributed by atoms with E-state index in [1.165, 1.54) is 48.6 Å². The van der Waals surface area contributed by atoms with Gasteiger partial charge in [0.2, 0.25) is 0 Å². The summed E-state index contributed by atoms with van der Waals surface area (Å²) in [6, 6.07) is 71.9. The quantitative estimate of drug-likeness (QED) is 0.168. The number of nitrogens with zero attached hydrogens (tertiary/aromatic N) is 3. The first-order valence-electron chi connectivity index (χ1n) is 19.7. The number of aromatic nitrogens is 3. The number of benzene rings is 8. The van der Waals surface area contributed by atoms with Crippen molar-refractivity contribution in [3.8, 4) is 56.3 Å². The summed E-state index contributed by atoms with van der Waals surface area (Å²) < 4.78 is 0. The minimum Gasteiger partial charge on any atom is -0.247 e. The molecule has 8 aromatic carbocycles. The third-order valence-electron chi connectivity index (χ3n) is 11.9. The van der Waals surface area contributed by atoms with Gasteiger partial charge in [0.05, 0.1) is 28.0 Å². The third-order valence-corrected chi connectivity index (χ3v) is 13.1. The number of para-hydroxylation sites is 1. The Morgan fingerprint density at radius 3 is 1.69 bits per heavy atom. The predicted molar refractivity (Wildman–Crippen MR) is 238 cm³/mol. The molecular weight excluding hydrogens is 723 g/mol. The Bertz CT molecular complexity index is 3160. The van der Waals surface area contributed by atoms with Gasteiger partial charge < -0.3 is 0 Å². The molecule has 0 bridgehead atoms.